The minimum atomic E-state index is -1.34. The van der Waals surface area contributed by atoms with E-state index in [1.807, 2.05) is 22.6 Å². The van der Waals surface area contributed by atoms with Gasteiger partial charge in [0.2, 0.25) is 17.2 Å². The van der Waals surface area contributed by atoms with Gasteiger partial charge in [-0.3, -0.25) is 4.79 Å². The molecule has 0 saturated carbocycles. The molecule has 11 nitrogen and oxygen atoms in total. The first-order valence-corrected chi connectivity index (χ1v) is 13.3. The first-order chi connectivity index (χ1) is 17.0. The summed E-state index contributed by atoms with van der Waals surface area (Å²) in [4.78, 5) is 13.5. The zero-order valence-corrected chi connectivity index (χ0v) is 23.8. The molecular weight excluding hydrogens is 611 g/mol. The van der Waals surface area contributed by atoms with Crippen molar-refractivity contribution in [3.63, 3.8) is 0 Å². The Labute approximate surface area is 227 Å². The first kappa shape index (κ1) is 29.6. The van der Waals surface area contributed by atoms with E-state index in [2.05, 4.69) is 0 Å². The summed E-state index contributed by atoms with van der Waals surface area (Å²) < 4.78 is 33.9. The van der Waals surface area contributed by atoms with E-state index in [4.69, 9.17) is 28.4 Å². The third kappa shape index (κ3) is 5.73. The highest BCUT2D eigenvalue weighted by Crippen LogP contribution is 2.48. The standard InChI is InChI=1S/C23H32IO11S/c1-8-13(22(29)36-21-10(3)33-12(26)7-11(21)25)17(30-4)20(32-6)18(14(8)24)35-23-16(28)19(31-5)15(27)9(2)34-23/h9-12,15-16,19,21,23,25,27-28H,7H2,1-6H3/q-1/t9-,10+,11-,12+,15-,16+,19+,21+,23-/m0/s1. The molecule has 36 heavy (non-hydrogen) atoms. The van der Waals surface area contributed by atoms with Gasteiger partial charge in [-0.1, -0.05) is 11.8 Å². The number of carbonyl (C=O) groups excluding carboxylic acids is 1. The fourth-order valence-electron chi connectivity index (χ4n) is 4.36. The number of rotatable bonds is 7. The van der Waals surface area contributed by atoms with Crippen LogP contribution >= 0.6 is 34.4 Å². The van der Waals surface area contributed by atoms with Crippen LogP contribution in [0.1, 0.15) is 36.2 Å². The molecule has 2 saturated heterocycles. The number of thioether (sulfide) groups is 1. The van der Waals surface area contributed by atoms with Gasteiger partial charge in [0, 0.05) is 7.11 Å². The van der Waals surface area contributed by atoms with E-state index >= 15 is 0 Å². The van der Waals surface area contributed by atoms with Crippen molar-refractivity contribution in [1.82, 2.24) is 0 Å². The summed E-state index contributed by atoms with van der Waals surface area (Å²) >= 11 is 2.87. The molecule has 9 atom stereocenters. The lowest BCUT2D eigenvalue weighted by Crippen LogP contribution is -2.59. The van der Waals surface area contributed by atoms with E-state index in [0.29, 0.717) is 9.13 Å². The van der Waals surface area contributed by atoms with Crippen LogP contribution in [0.25, 0.3) is 0 Å². The second kappa shape index (κ2) is 12.3. The van der Waals surface area contributed by atoms with E-state index in [9.17, 15) is 25.2 Å². The third-order valence-corrected chi connectivity index (χ3v) is 9.02. The second-order valence-corrected chi connectivity index (χ2v) is 10.9. The highest BCUT2D eigenvalue weighted by Gasteiger charge is 2.45. The fourth-order valence-corrected chi connectivity index (χ4v) is 6.14. The molecule has 1 aromatic rings. The first-order valence-electron chi connectivity index (χ1n) is 11.3. The smallest absolute Gasteiger partial charge is 0.229 e. The number of benzene rings is 1. The number of carbonyl (C=O) groups is 1. The molecule has 0 amide bonds. The average Bonchev–Trinajstić information content (AvgIpc) is 2.82. The van der Waals surface area contributed by atoms with E-state index in [1.165, 1.54) is 21.3 Å². The molecule has 3 N–H and O–H groups in total. The van der Waals surface area contributed by atoms with Crippen LogP contribution in [-0.4, -0.2) is 96.2 Å². The largest absolute Gasteiger partial charge is 0.831 e. The lowest BCUT2D eigenvalue weighted by atomic mass is 9.99. The van der Waals surface area contributed by atoms with Gasteiger partial charge in [-0.15, -0.1) is 0 Å². The molecule has 204 valence electrons. The molecule has 0 aromatic heterocycles. The van der Waals surface area contributed by atoms with Crippen molar-refractivity contribution < 1.29 is 53.6 Å². The molecule has 0 unspecified atom stereocenters. The minimum Gasteiger partial charge on any atom is -0.831 e. The van der Waals surface area contributed by atoms with Gasteiger partial charge in [0.25, 0.3) is 0 Å². The Bertz CT molecular complexity index is 935. The van der Waals surface area contributed by atoms with E-state index in [-0.39, 0.29) is 29.2 Å². The van der Waals surface area contributed by atoms with Crippen molar-refractivity contribution in [1.29, 1.82) is 0 Å². The van der Waals surface area contributed by atoms with Crippen molar-refractivity contribution in [3.8, 4) is 17.2 Å². The van der Waals surface area contributed by atoms with Gasteiger partial charge in [-0.2, -0.15) is 0 Å². The van der Waals surface area contributed by atoms with Crippen LogP contribution < -0.4 is 19.3 Å². The SMILES string of the molecule is COc1c(O[C@@H]2O[C@@H](C)[C@H](O)[C@@H](OC)[C@H]2O)c(I)c(C)c(C(=O)S[C@H]2[C@@H](O)C[C@H]([O-])O[C@@H]2C)c1OC. The summed E-state index contributed by atoms with van der Waals surface area (Å²) in [5.74, 6) is 0.387. The van der Waals surface area contributed by atoms with Gasteiger partial charge >= 0.3 is 0 Å². The Hall–Kier alpha value is -0.910. The highest BCUT2D eigenvalue weighted by atomic mass is 127. The zero-order valence-electron chi connectivity index (χ0n) is 20.8. The predicted molar refractivity (Wildman–Crippen MR) is 135 cm³/mol. The van der Waals surface area contributed by atoms with Crippen molar-refractivity contribution in [2.45, 2.75) is 81.6 Å². The Morgan fingerprint density at radius 2 is 1.67 bits per heavy atom. The van der Waals surface area contributed by atoms with Crippen LogP contribution in [0, 0.1) is 10.5 Å². The summed E-state index contributed by atoms with van der Waals surface area (Å²) in [5.41, 5.74) is 0.728. The lowest BCUT2D eigenvalue weighted by molar-refractivity contribution is -0.506. The van der Waals surface area contributed by atoms with Crippen LogP contribution in [0.3, 0.4) is 0 Å². The molecule has 13 heteroatoms. The zero-order chi connectivity index (χ0) is 26.9. The number of methoxy groups -OCH3 is 3. The molecule has 3 rings (SSSR count). The van der Waals surface area contributed by atoms with Gasteiger partial charge < -0.3 is 48.8 Å². The molecular formula is C23H32IO11S-. The van der Waals surface area contributed by atoms with E-state index < -0.39 is 59.6 Å². The van der Waals surface area contributed by atoms with Crippen molar-refractivity contribution in [2.24, 2.45) is 0 Å². The Balaban J connectivity index is 1.97. The minimum absolute atomic E-state index is 0.102. The maximum atomic E-state index is 13.5. The lowest BCUT2D eigenvalue weighted by Gasteiger charge is -2.41. The summed E-state index contributed by atoms with van der Waals surface area (Å²) in [6, 6.07) is 0. The molecule has 2 aliphatic rings. The number of aliphatic hydroxyl groups excluding tert-OH is 3. The third-order valence-electron chi connectivity index (χ3n) is 6.33. The molecule has 2 heterocycles. The van der Waals surface area contributed by atoms with Crippen molar-refractivity contribution in [3.05, 3.63) is 14.7 Å². The number of hydrogen-bond acceptors (Lipinski definition) is 12. The van der Waals surface area contributed by atoms with Gasteiger partial charge in [0.15, 0.2) is 11.5 Å². The monoisotopic (exact) mass is 643 g/mol. The summed E-state index contributed by atoms with van der Waals surface area (Å²) in [6.07, 6.45) is -8.29. The Morgan fingerprint density at radius 3 is 2.22 bits per heavy atom. The molecule has 0 aliphatic carbocycles. The Kier molecular flexibility index (Phi) is 10.1. The number of hydrogen-bond donors (Lipinski definition) is 3. The van der Waals surface area contributed by atoms with Crippen LogP contribution in [0.5, 0.6) is 17.2 Å². The molecule has 0 bridgehead atoms. The summed E-state index contributed by atoms with van der Waals surface area (Å²) in [6.45, 7) is 4.98. The summed E-state index contributed by atoms with van der Waals surface area (Å²) in [5, 5.41) is 42.0. The maximum absolute atomic E-state index is 13.5. The fraction of sp³-hybridized carbons (Fsp3) is 0.696. The summed E-state index contributed by atoms with van der Waals surface area (Å²) in [7, 11) is 4.13. The maximum Gasteiger partial charge on any atom is 0.229 e. The molecule has 0 spiro atoms. The average molecular weight is 643 g/mol. The van der Waals surface area contributed by atoms with Crippen molar-refractivity contribution in [2.75, 3.05) is 21.3 Å². The van der Waals surface area contributed by atoms with Gasteiger partial charge in [-0.25, -0.2) is 0 Å². The topological polar surface area (TPSA) is 156 Å². The molecule has 2 aliphatic heterocycles. The highest BCUT2D eigenvalue weighted by molar-refractivity contribution is 14.1. The molecule has 1 aromatic carbocycles. The predicted octanol–water partition coefficient (Wildman–Crippen LogP) is 0.575. The normalized spacial score (nSPS) is 34.8. The quantitative estimate of drug-likeness (QED) is 0.356. The van der Waals surface area contributed by atoms with Crippen LogP contribution in [0.4, 0.5) is 0 Å². The Morgan fingerprint density at radius 1 is 1.03 bits per heavy atom. The van der Waals surface area contributed by atoms with Gasteiger partial charge in [0.05, 0.1) is 46.9 Å². The van der Waals surface area contributed by atoms with E-state index in [1.54, 1.807) is 20.8 Å². The number of ether oxygens (including phenoxy) is 6. The number of aliphatic hydroxyl groups is 3. The van der Waals surface area contributed by atoms with Gasteiger partial charge in [0.1, 0.15) is 18.3 Å². The van der Waals surface area contributed by atoms with Gasteiger partial charge in [-0.05, 0) is 61.6 Å². The van der Waals surface area contributed by atoms with E-state index in [0.717, 1.165) is 11.8 Å². The van der Waals surface area contributed by atoms with Crippen LogP contribution in [0.15, 0.2) is 0 Å². The van der Waals surface area contributed by atoms with Crippen molar-refractivity contribution >= 4 is 39.5 Å². The van der Waals surface area contributed by atoms with Crippen LogP contribution in [0.2, 0.25) is 0 Å². The van der Waals surface area contributed by atoms with Crippen LogP contribution in [-0.2, 0) is 14.2 Å². The number of halogens is 1. The molecule has 0 radical (unpaired) electrons. The molecule has 2 fully saturated rings. The second-order valence-electron chi connectivity index (χ2n) is 8.66.